The molecule has 4 rings (SSSR count). The smallest absolute Gasteiger partial charge is 0.224 e. The molecule has 35 heavy (non-hydrogen) atoms. The molecule has 1 aromatic heterocycles. The number of carbonyl (C=O) groups excluding carboxylic acids is 1. The maximum absolute atomic E-state index is 12.7. The van der Waals surface area contributed by atoms with Gasteiger partial charge in [-0.1, -0.05) is 12.8 Å². The highest BCUT2D eigenvalue weighted by Gasteiger charge is 2.32. The summed E-state index contributed by atoms with van der Waals surface area (Å²) in [6.45, 7) is 6.76. The fourth-order valence-corrected chi connectivity index (χ4v) is 5.86. The van der Waals surface area contributed by atoms with Gasteiger partial charge in [-0.3, -0.25) is 9.69 Å². The van der Waals surface area contributed by atoms with Crippen LogP contribution in [0.3, 0.4) is 0 Å². The highest BCUT2D eigenvalue weighted by Crippen LogP contribution is 2.24. The molecule has 3 aliphatic heterocycles. The molecule has 9 heteroatoms. The van der Waals surface area contributed by atoms with Gasteiger partial charge < -0.3 is 26.0 Å². The van der Waals surface area contributed by atoms with Gasteiger partial charge in [0.2, 0.25) is 11.9 Å². The average molecular weight is 488 g/mol. The average Bonchev–Trinajstić information content (AvgIpc) is 3.19. The van der Waals surface area contributed by atoms with Crippen molar-refractivity contribution < 1.29 is 9.90 Å². The molecule has 1 amide bonds. The van der Waals surface area contributed by atoms with Crippen molar-refractivity contribution in [3.05, 3.63) is 12.3 Å². The molecule has 0 saturated carbocycles. The zero-order chi connectivity index (χ0) is 24.3. The molecular weight excluding hydrogens is 442 g/mol. The maximum atomic E-state index is 12.7. The zero-order valence-electron chi connectivity index (χ0n) is 21.3. The minimum absolute atomic E-state index is 0.136. The third-order valence-corrected chi connectivity index (χ3v) is 7.83. The Morgan fingerprint density at radius 3 is 2.66 bits per heavy atom. The number of anilines is 2. The van der Waals surface area contributed by atoms with Gasteiger partial charge in [0.05, 0.1) is 0 Å². The zero-order valence-corrected chi connectivity index (χ0v) is 21.3. The second-order valence-corrected chi connectivity index (χ2v) is 10.3. The number of amides is 1. The first-order valence-corrected chi connectivity index (χ1v) is 13.9. The number of carbonyl (C=O) groups is 1. The number of hydrogen-bond acceptors (Lipinski definition) is 8. The lowest BCUT2D eigenvalue weighted by molar-refractivity contribution is -0.125. The Labute approximate surface area is 210 Å². The van der Waals surface area contributed by atoms with Crippen molar-refractivity contribution in [2.24, 2.45) is 5.92 Å². The van der Waals surface area contributed by atoms with Crippen LogP contribution < -0.4 is 20.9 Å². The summed E-state index contributed by atoms with van der Waals surface area (Å²) in [5, 5.41) is 19.6. The van der Waals surface area contributed by atoms with Crippen LogP contribution in [0.4, 0.5) is 11.8 Å². The van der Waals surface area contributed by atoms with Crippen molar-refractivity contribution in [3.63, 3.8) is 0 Å². The summed E-state index contributed by atoms with van der Waals surface area (Å²) in [5.41, 5.74) is 0. The van der Waals surface area contributed by atoms with Crippen molar-refractivity contribution in [2.45, 2.75) is 76.3 Å². The van der Waals surface area contributed by atoms with Gasteiger partial charge >= 0.3 is 0 Å². The molecule has 3 aliphatic rings. The minimum Gasteiger partial charge on any atom is -0.396 e. The van der Waals surface area contributed by atoms with E-state index in [1.54, 1.807) is 0 Å². The van der Waals surface area contributed by atoms with Crippen LogP contribution in [0.1, 0.15) is 64.2 Å². The Bertz CT molecular complexity index is 766. The van der Waals surface area contributed by atoms with Crippen LogP contribution >= 0.6 is 0 Å². The highest BCUT2D eigenvalue weighted by molar-refractivity contribution is 5.78. The fourth-order valence-electron chi connectivity index (χ4n) is 5.86. The van der Waals surface area contributed by atoms with Crippen molar-refractivity contribution in [2.75, 3.05) is 62.6 Å². The Hall–Kier alpha value is -1.97. The van der Waals surface area contributed by atoms with E-state index in [4.69, 9.17) is 4.98 Å². The van der Waals surface area contributed by atoms with Crippen molar-refractivity contribution >= 4 is 17.7 Å². The van der Waals surface area contributed by atoms with Gasteiger partial charge in [0, 0.05) is 57.0 Å². The van der Waals surface area contributed by atoms with Gasteiger partial charge in [0.1, 0.15) is 5.82 Å². The number of piperidine rings is 2. The van der Waals surface area contributed by atoms with Crippen LogP contribution in [0.5, 0.6) is 0 Å². The lowest BCUT2D eigenvalue weighted by Gasteiger charge is -2.42. The molecule has 196 valence electrons. The molecule has 0 aliphatic carbocycles. The fraction of sp³-hybridized carbons (Fsp3) is 0.808. The molecule has 0 bridgehead atoms. The molecule has 2 unspecified atom stereocenters. The summed E-state index contributed by atoms with van der Waals surface area (Å²) >= 11 is 0. The van der Waals surface area contributed by atoms with E-state index in [2.05, 4.69) is 30.7 Å². The van der Waals surface area contributed by atoms with Crippen LogP contribution in [-0.4, -0.2) is 90.4 Å². The van der Waals surface area contributed by atoms with Crippen LogP contribution in [0.25, 0.3) is 0 Å². The molecule has 0 radical (unpaired) electrons. The van der Waals surface area contributed by atoms with Crippen molar-refractivity contribution in [1.29, 1.82) is 0 Å². The third-order valence-electron chi connectivity index (χ3n) is 7.83. The van der Waals surface area contributed by atoms with Crippen LogP contribution in [0.15, 0.2) is 12.3 Å². The molecule has 1 aromatic rings. The molecule has 2 atom stereocenters. The van der Waals surface area contributed by atoms with Gasteiger partial charge in [-0.15, -0.1) is 0 Å². The van der Waals surface area contributed by atoms with E-state index in [1.165, 1.54) is 25.7 Å². The van der Waals surface area contributed by atoms with E-state index in [-0.39, 0.29) is 30.5 Å². The molecule has 4 heterocycles. The highest BCUT2D eigenvalue weighted by atomic mass is 16.3. The first-order valence-electron chi connectivity index (χ1n) is 13.9. The first kappa shape index (κ1) is 26.1. The number of nitrogens with one attached hydrogen (secondary N) is 3. The minimum atomic E-state index is 0.136. The molecular formula is C26H45N7O2. The van der Waals surface area contributed by atoms with E-state index < -0.39 is 0 Å². The number of hydrogen-bond donors (Lipinski definition) is 4. The topological polar surface area (TPSA) is 106 Å². The Kier molecular flexibility index (Phi) is 10.4. The predicted molar refractivity (Wildman–Crippen MR) is 140 cm³/mol. The molecule has 4 N–H and O–H groups in total. The van der Waals surface area contributed by atoms with Gasteiger partial charge in [-0.25, -0.2) is 4.98 Å². The third kappa shape index (κ3) is 7.75. The summed E-state index contributed by atoms with van der Waals surface area (Å²) in [4.78, 5) is 27.0. The summed E-state index contributed by atoms with van der Waals surface area (Å²) in [6, 6.07) is 2.52. The quantitative estimate of drug-likeness (QED) is 0.397. The van der Waals surface area contributed by atoms with E-state index in [0.717, 1.165) is 83.6 Å². The standard InChI is InChI=1S/C26H45N7O2/c34-20-6-19-32-18-5-7-22(23(32)10-14-28-25(35)21-8-12-27-13-9-21)30-26-29-15-11-24(31-26)33-16-3-1-2-4-17-33/h11,15,21-23,27,34H,1-10,12-14,16-20H2,(H,28,35)(H,29,30,31). The maximum Gasteiger partial charge on any atom is 0.224 e. The van der Waals surface area contributed by atoms with Gasteiger partial charge in [0.15, 0.2) is 0 Å². The first-order chi connectivity index (χ1) is 17.2. The molecule has 3 saturated heterocycles. The lowest BCUT2D eigenvalue weighted by Crippen LogP contribution is -2.53. The van der Waals surface area contributed by atoms with E-state index >= 15 is 0 Å². The molecule has 0 aromatic carbocycles. The Morgan fingerprint density at radius 1 is 1.09 bits per heavy atom. The van der Waals surface area contributed by atoms with Gasteiger partial charge in [-0.2, -0.15) is 4.98 Å². The number of likely N-dealkylation sites (tertiary alicyclic amines) is 1. The van der Waals surface area contributed by atoms with E-state index in [1.807, 2.05) is 12.3 Å². The normalized spacial score (nSPS) is 24.7. The molecule has 3 fully saturated rings. The molecule has 9 nitrogen and oxygen atoms in total. The number of rotatable bonds is 10. The summed E-state index contributed by atoms with van der Waals surface area (Å²) < 4.78 is 0. The number of nitrogens with zero attached hydrogens (tertiary/aromatic N) is 4. The lowest BCUT2D eigenvalue weighted by atomic mass is 9.93. The largest absolute Gasteiger partial charge is 0.396 e. The van der Waals surface area contributed by atoms with Gasteiger partial charge in [0.25, 0.3) is 0 Å². The van der Waals surface area contributed by atoms with Crippen molar-refractivity contribution in [1.82, 2.24) is 25.5 Å². The second-order valence-electron chi connectivity index (χ2n) is 10.3. The van der Waals surface area contributed by atoms with E-state index in [0.29, 0.717) is 12.5 Å². The van der Waals surface area contributed by atoms with Gasteiger partial charge in [-0.05, 0) is 77.1 Å². The summed E-state index contributed by atoms with van der Waals surface area (Å²) in [6.07, 6.45) is 12.6. The molecule has 0 spiro atoms. The number of aromatic nitrogens is 2. The summed E-state index contributed by atoms with van der Waals surface area (Å²) in [7, 11) is 0. The Morgan fingerprint density at radius 2 is 1.89 bits per heavy atom. The SMILES string of the molecule is O=C(NCCC1C(Nc2nccc(N3CCCCCC3)n2)CCCN1CCCO)C1CCNCC1. The van der Waals surface area contributed by atoms with Crippen LogP contribution in [0.2, 0.25) is 0 Å². The Balaban J connectivity index is 1.38. The number of aliphatic hydroxyl groups is 1. The second kappa shape index (κ2) is 13.9. The number of aliphatic hydroxyl groups excluding tert-OH is 1. The van der Waals surface area contributed by atoms with Crippen LogP contribution in [0, 0.1) is 5.92 Å². The van der Waals surface area contributed by atoms with Crippen molar-refractivity contribution in [3.8, 4) is 0 Å². The van der Waals surface area contributed by atoms with Crippen LogP contribution in [-0.2, 0) is 4.79 Å². The summed E-state index contributed by atoms with van der Waals surface area (Å²) in [5.74, 6) is 2.05. The predicted octanol–water partition coefficient (Wildman–Crippen LogP) is 1.99. The monoisotopic (exact) mass is 487 g/mol. The van der Waals surface area contributed by atoms with E-state index in [9.17, 15) is 9.90 Å².